The number of anilines is 1. The Hall–Kier alpha value is -5.44. The Kier molecular flexibility index (Phi) is 9.75. The number of hydrogen-bond donors (Lipinski definition) is 2. The lowest BCUT2D eigenvalue weighted by atomic mass is 9.98. The molecule has 4 aromatic carbocycles. The number of fused-ring (bicyclic) bond motifs is 3. The first kappa shape index (κ1) is 37.5. The molecular formula is C41H37ClF4N6O4. The summed E-state index contributed by atoms with van der Waals surface area (Å²) in [6, 6.07) is 17.5. The number of nitrogens with zero attached hydrogens (tertiary/aromatic N) is 4. The first-order valence-corrected chi connectivity index (χ1v) is 18.4. The number of alkyl halides is 3. The number of halogens is 5. The molecular weight excluding hydrogens is 752 g/mol. The van der Waals surface area contributed by atoms with Crippen LogP contribution < -0.4 is 14.8 Å². The number of ether oxygens (including phenoxy) is 3. The Morgan fingerprint density at radius 2 is 1.86 bits per heavy atom. The zero-order valence-corrected chi connectivity index (χ0v) is 31.4. The number of carbonyl (C=O) groups is 1. The number of rotatable bonds is 6. The van der Waals surface area contributed by atoms with E-state index in [1.54, 1.807) is 50.2 Å². The summed E-state index contributed by atoms with van der Waals surface area (Å²) in [6.45, 7) is 7.22. The second-order valence-electron chi connectivity index (χ2n) is 14.1. The predicted octanol–water partition coefficient (Wildman–Crippen LogP) is 9.16. The first-order chi connectivity index (χ1) is 26.8. The number of hydrogen-bond acceptors (Lipinski definition) is 7. The minimum Gasteiger partial charge on any atom is -0.444 e. The van der Waals surface area contributed by atoms with Crippen molar-refractivity contribution in [3.63, 3.8) is 0 Å². The minimum absolute atomic E-state index is 0.0117. The smallest absolute Gasteiger partial charge is 0.418 e. The highest BCUT2D eigenvalue weighted by Crippen LogP contribution is 2.49. The molecule has 6 aromatic rings. The molecule has 1 amide bonds. The molecule has 1 fully saturated rings. The Bertz CT molecular complexity index is 2520. The van der Waals surface area contributed by atoms with Crippen molar-refractivity contribution in [2.75, 3.05) is 31.6 Å². The first-order valence-electron chi connectivity index (χ1n) is 18.1. The molecule has 9 rings (SSSR count). The Morgan fingerprint density at radius 1 is 1.07 bits per heavy atom. The van der Waals surface area contributed by atoms with Gasteiger partial charge in [0, 0.05) is 73.2 Å². The number of aromatic nitrogens is 4. The van der Waals surface area contributed by atoms with Crippen LogP contribution in [0.15, 0.2) is 72.8 Å². The number of para-hydroxylation sites is 1. The quantitative estimate of drug-likeness (QED) is 0.162. The number of aryl methyl sites for hydroxylation is 2. The number of H-pyrrole nitrogens is 1. The maximum Gasteiger partial charge on any atom is 0.418 e. The minimum atomic E-state index is -4.65. The van der Waals surface area contributed by atoms with E-state index in [9.17, 15) is 22.4 Å². The molecule has 2 aromatic heterocycles. The molecule has 3 aliphatic rings. The lowest BCUT2D eigenvalue weighted by Gasteiger charge is -2.27. The number of nitrogens with one attached hydrogen (secondary N) is 2. The summed E-state index contributed by atoms with van der Waals surface area (Å²) in [4.78, 5) is 20.3. The third kappa shape index (κ3) is 7.19. The molecule has 1 saturated heterocycles. The van der Waals surface area contributed by atoms with Crippen molar-refractivity contribution in [2.45, 2.75) is 45.2 Å². The molecule has 0 saturated carbocycles. The fourth-order valence-corrected chi connectivity index (χ4v) is 7.21. The molecule has 0 aliphatic carbocycles. The maximum atomic E-state index is 14.8. The zero-order valence-electron chi connectivity index (χ0n) is 30.7. The maximum absolute atomic E-state index is 14.8. The molecule has 15 heteroatoms. The number of carbonyl (C=O) groups excluding carboxylic acids is 1. The van der Waals surface area contributed by atoms with Crippen molar-refractivity contribution in [3.8, 4) is 11.5 Å². The predicted molar refractivity (Wildman–Crippen MR) is 204 cm³/mol. The van der Waals surface area contributed by atoms with E-state index >= 15 is 0 Å². The summed E-state index contributed by atoms with van der Waals surface area (Å²) < 4.78 is 75.3. The van der Waals surface area contributed by atoms with Crippen LogP contribution in [0.1, 0.15) is 58.3 Å². The van der Waals surface area contributed by atoms with Crippen LogP contribution in [0.25, 0.3) is 27.5 Å². The van der Waals surface area contributed by atoms with Gasteiger partial charge in [0.15, 0.2) is 11.5 Å². The van der Waals surface area contributed by atoms with E-state index in [1.165, 1.54) is 18.6 Å². The number of amides is 1. The standard InChI is InChI=1S/C38H31ClF4N6O3.C3H6O/c1-20-26-17-24(18-28(38(41,42)43)34(26)47-46-20)44-36(50)22-7-10-31-30(15-22)45-33(48(31)3)19-49-13-11-21(12-14-49)25-5-4-6-32-35(25)52-37(2,51-32)27-9-8-23(39)16-29(27)40;1-2-4-3-1/h4-11,15-18H,12-14,19H2,1-3H3,(H,44,50)(H,46,47);1-3H2. The van der Waals surface area contributed by atoms with Crippen LogP contribution >= 0.6 is 11.6 Å². The summed E-state index contributed by atoms with van der Waals surface area (Å²) in [5.41, 5.74) is 3.23. The van der Waals surface area contributed by atoms with Crippen molar-refractivity contribution in [1.82, 2.24) is 24.6 Å². The van der Waals surface area contributed by atoms with Gasteiger partial charge in [0.1, 0.15) is 17.2 Å². The average Bonchev–Trinajstić information content (AvgIpc) is 3.78. The molecule has 56 heavy (non-hydrogen) atoms. The van der Waals surface area contributed by atoms with E-state index in [0.29, 0.717) is 35.8 Å². The van der Waals surface area contributed by atoms with Crippen LogP contribution in [0, 0.1) is 12.7 Å². The second kappa shape index (κ2) is 14.6. The van der Waals surface area contributed by atoms with Gasteiger partial charge >= 0.3 is 6.18 Å². The van der Waals surface area contributed by atoms with Crippen LogP contribution in [0.3, 0.4) is 0 Å². The van der Waals surface area contributed by atoms with Crippen molar-refractivity contribution in [2.24, 2.45) is 7.05 Å². The Balaban J connectivity index is 0.00000104. The van der Waals surface area contributed by atoms with Gasteiger partial charge in [0.05, 0.1) is 28.7 Å². The third-order valence-corrected chi connectivity index (χ3v) is 10.5. The molecule has 0 bridgehead atoms. The Labute approximate surface area is 324 Å². The zero-order chi connectivity index (χ0) is 39.4. The van der Waals surface area contributed by atoms with Crippen LogP contribution in [-0.4, -0.2) is 56.9 Å². The van der Waals surface area contributed by atoms with Gasteiger partial charge in [-0.3, -0.25) is 14.8 Å². The molecule has 290 valence electrons. The summed E-state index contributed by atoms with van der Waals surface area (Å²) >= 11 is 5.97. The number of aromatic amines is 1. The van der Waals surface area contributed by atoms with Gasteiger partial charge in [-0.2, -0.15) is 18.3 Å². The van der Waals surface area contributed by atoms with Gasteiger partial charge in [-0.15, -0.1) is 0 Å². The summed E-state index contributed by atoms with van der Waals surface area (Å²) in [5, 5.41) is 9.56. The van der Waals surface area contributed by atoms with Gasteiger partial charge in [0.25, 0.3) is 11.7 Å². The SMILES string of the molecule is C1COC1.Cc1[nH]nc2c(C(F)(F)F)cc(NC(=O)c3ccc4c(c3)nc(CN3CC=C(c5cccc6c5OC(C)(c5ccc(Cl)cc5F)O6)CC3)n4C)cc12. The van der Waals surface area contributed by atoms with E-state index in [2.05, 4.69) is 26.5 Å². The van der Waals surface area contributed by atoms with E-state index in [0.717, 1.165) is 54.7 Å². The molecule has 0 radical (unpaired) electrons. The van der Waals surface area contributed by atoms with Crippen LogP contribution in [0.4, 0.5) is 23.2 Å². The molecule has 1 atom stereocenters. The van der Waals surface area contributed by atoms with Crippen LogP contribution in [0.2, 0.25) is 5.02 Å². The molecule has 1 unspecified atom stereocenters. The third-order valence-electron chi connectivity index (χ3n) is 10.2. The average molecular weight is 789 g/mol. The van der Waals surface area contributed by atoms with E-state index in [1.807, 2.05) is 23.7 Å². The molecule has 10 nitrogen and oxygen atoms in total. The molecule has 0 spiro atoms. The monoisotopic (exact) mass is 788 g/mol. The molecule has 5 heterocycles. The van der Waals surface area contributed by atoms with Gasteiger partial charge < -0.3 is 24.1 Å². The normalized spacial score (nSPS) is 18.0. The van der Waals surface area contributed by atoms with Gasteiger partial charge in [0.2, 0.25) is 0 Å². The fourth-order valence-electron chi connectivity index (χ4n) is 7.06. The second-order valence-corrected chi connectivity index (χ2v) is 14.5. The summed E-state index contributed by atoms with van der Waals surface area (Å²) in [5.74, 6) is -0.535. The van der Waals surface area contributed by atoms with Crippen LogP contribution in [-0.2, 0) is 30.3 Å². The van der Waals surface area contributed by atoms with Crippen LogP contribution in [0.5, 0.6) is 11.5 Å². The Morgan fingerprint density at radius 3 is 2.55 bits per heavy atom. The van der Waals surface area contributed by atoms with Crippen molar-refractivity contribution in [3.05, 3.63) is 117 Å². The van der Waals surface area contributed by atoms with Crippen molar-refractivity contribution in [1.29, 1.82) is 0 Å². The number of imidazole rings is 1. The highest BCUT2D eigenvalue weighted by molar-refractivity contribution is 6.30. The lowest BCUT2D eigenvalue weighted by molar-refractivity contribution is -0.136. The van der Waals surface area contributed by atoms with Gasteiger partial charge in [-0.25, -0.2) is 9.37 Å². The summed E-state index contributed by atoms with van der Waals surface area (Å²) in [6.07, 6.45) is -0.512. The van der Waals surface area contributed by atoms with E-state index in [4.69, 9.17) is 30.8 Å². The molecule has 2 N–H and O–H groups in total. The van der Waals surface area contributed by atoms with E-state index < -0.39 is 29.3 Å². The highest BCUT2D eigenvalue weighted by Gasteiger charge is 2.42. The highest BCUT2D eigenvalue weighted by atomic mass is 35.5. The number of benzene rings is 4. The largest absolute Gasteiger partial charge is 0.444 e. The summed E-state index contributed by atoms with van der Waals surface area (Å²) in [7, 11) is 1.90. The van der Waals surface area contributed by atoms with E-state index in [-0.39, 0.29) is 32.7 Å². The van der Waals surface area contributed by atoms with Gasteiger partial charge in [-0.1, -0.05) is 29.8 Å². The lowest BCUT2D eigenvalue weighted by Crippen LogP contribution is -2.32. The fraction of sp³-hybridized carbons (Fsp3) is 0.293. The van der Waals surface area contributed by atoms with Gasteiger partial charge in [-0.05, 0) is 79.9 Å². The molecule has 3 aliphatic heterocycles. The van der Waals surface area contributed by atoms with Crippen molar-refractivity contribution >= 4 is 50.7 Å². The topological polar surface area (TPSA) is 107 Å². The van der Waals surface area contributed by atoms with Crippen molar-refractivity contribution < 1.29 is 36.6 Å².